The van der Waals surface area contributed by atoms with E-state index in [2.05, 4.69) is 65.3 Å². The predicted molar refractivity (Wildman–Crippen MR) is 78.6 cm³/mol. The van der Waals surface area contributed by atoms with Gasteiger partial charge in [0, 0.05) is 13.1 Å². The van der Waals surface area contributed by atoms with E-state index in [9.17, 15) is 0 Å². The van der Waals surface area contributed by atoms with E-state index in [0.29, 0.717) is 5.04 Å². The van der Waals surface area contributed by atoms with E-state index in [1.807, 2.05) is 0 Å². The molecular formula is C14H31NSi. The maximum Gasteiger partial charge on any atom is 0.0714 e. The fraction of sp³-hybridized carbons (Fsp3) is 0.857. The Bertz CT molecular complexity index is 201. The predicted octanol–water partition coefficient (Wildman–Crippen LogP) is 4.21. The summed E-state index contributed by atoms with van der Waals surface area (Å²) in [6.45, 7) is 18.7. The third-order valence-corrected chi connectivity index (χ3v) is 7.86. The van der Waals surface area contributed by atoms with Crippen LogP contribution in [-0.4, -0.2) is 26.8 Å². The minimum atomic E-state index is -0.822. The van der Waals surface area contributed by atoms with Crippen LogP contribution in [0.4, 0.5) is 0 Å². The van der Waals surface area contributed by atoms with Gasteiger partial charge in [-0.3, -0.25) is 0 Å². The van der Waals surface area contributed by atoms with E-state index >= 15 is 0 Å². The monoisotopic (exact) mass is 241 g/mol. The van der Waals surface area contributed by atoms with Crippen molar-refractivity contribution in [1.29, 1.82) is 0 Å². The summed E-state index contributed by atoms with van der Waals surface area (Å²) in [5.41, 5.74) is 3.45. The molecule has 0 aromatic carbocycles. The zero-order chi connectivity index (χ0) is 12.8. The lowest BCUT2D eigenvalue weighted by atomic mass is 10.2. The van der Waals surface area contributed by atoms with Crippen LogP contribution in [0.15, 0.2) is 11.9 Å². The van der Waals surface area contributed by atoms with Gasteiger partial charge in [0.05, 0.1) is 8.80 Å². The van der Waals surface area contributed by atoms with Crippen LogP contribution in [-0.2, 0) is 0 Å². The van der Waals surface area contributed by atoms with E-state index in [0.717, 1.165) is 18.6 Å². The summed E-state index contributed by atoms with van der Waals surface area (Å²) in [5.74, 6) is 0. The van der Waals surface area contributed by atoms with Crippen molar-refractivity contribution in [3.05, 3.63) is 11.9 Å². The van der Waals surface area contributed by atoms with Crippen molar-refractivity contribution in [1.82, 2.24) is 4.90 Å². The van der Waals surface area contributed by atoms with Crippen LogP contribution in [0.5, 0.6) is 0 Å². The summed E-state index contributed by atoms with van der Waals surface area (Å²) in [5, 5.41) is 0.499. The molecule has 2 heteroatoms. The molecule has 2 atom stereocenters. The number of hydrogen-bond donors (Lipinski definition) is 0. The highest BCUT2D eigenvalue weighted by molar-refractivity contribution is 6.68. The van der Waals surface area contributed by atoms with Crippen LogP contribution < -0.4 is 0 Å². The Morgan fingerprint density at radius 1 is 1.12 bits per heavy atom. The van der Waals surface area contributed by atoms with Gasteiger partial charge in [0.25, 0.3) is 0 Å². The average Bonchev–Trinajstić information content (AvgIpc) is 2.22. The first-order valence-corrected chi connectivity index (χ1v) is 8.70. The maximum absolute atomic E-state index is 2.56. The van der Waals surface area contributed by atoms with Crippen molar-refractivity contribution >= 4 is 8.80 Å². The zero-order valence-electron chi connectivity index (χ0n) is 12.4. The zero-order valence-corrected chi connectivity index (χ0v) is 13.5. The molecular weight excluding hydrogens is 210 g/mol. The summed E-state index contributed by atoms with van der Waals surface area (Å²) in [7, 11) is -0.822. The van der Waals surface area contributed by atoms with Crippen LogP contribution in [0.3, 0.4) is 0 Å². The molecule has 0 radical (unpaired) electrons. The topological polar surface area (TPSA) is 3.24 Å². The number of hydrogen-bond acceptors (Lipinski definition) is 1. The Morgan fingerprint density at radius 3 is 1.94 bits per heavy atom. The molecule has 1 nitrogen and oxygen atoms in total. The molecule has 0 aliphatic heterocycles. The second kappa shape index (κ2) is 7.15. The molecule has 2 unspecified atom stereocenters. The minimum absolute atomic E-state index is 0.499. The highest BCUT2D eigenvalue weighted by Crippen LogP contribution is 2.35. The molecule has 0 aliphatic carbocycles. The largest absolute Gasteiger partial charge is 0.379 e. The Balaban J connectivity index is 4.67. The molecule has 16 heavy (non-hydrogen) atoms. The molecule has 0 aromatic rings. The van der Waals surface area contributed by atoms with Crippen molar-refractivity contribution in [3.63, 3.8) is 0 Å². The van der Waals surface area contributed by atoms with Gasteiger partial charge in [-0.1, -0.05) is 46.7 Å². The Morgan fingerprint density at radius 2 is 1.62 bits per heavy atom. The molecule has 0 N–H and O–H groups in total. The summed E-state index contributed by atoms with van der Waals surface area (Å²) < 4.78 is 0. The van der Waals surface area contributed by atoms with Crippen LogP contribution in [0.1, 0.15) is 54.9 Å². The number of nitrogens with zero attached hydrogens (tertiary/aromatic N) is 1. The molecule has 0 fully saturated rings. The van der Waals surface area contributed by atoms with Gasteiger partial charge in [0.1, 0.15) is 0 Å². The Kier molecular flexibility index (Phi) is 7.05. The lowest BCUT2D eigenvalue weighted by molar-refractivity contribution is 0.419. The molecule has 0 aromatic heterocycles. The first-order valence-electron chi connectivity index (χ1n) is 6.79. The second-order valence-electron chi connectivity index (χ2n) is 5.84. The molecule has 0 rings (SSSR count). The maximum atomic E-state index is 2.56. The van der Waals surface area contributed by atoms with E-state index < -0.39 is 8.80 Å². The standard InChI is InChI=1S/C14H31NSi/c1-8-13(4)16(14(5,6)7)12-11-15(9-2)10-3/h11-13,16H,8-10H2,1-7H3. The van der Waals surface area contributed by atoms with Crippen LogP contribution in [0.2, 0.25) is 10.6 Å². The molecule has 0 saturated heterocycles. The molecule has 0 saturated carbocycles. The van der Waals surface area contributed by atoms with E-state index in [4.69, 9.17) is 0 Å². The fourth-order valence-electron chi connectivity index (χ4n) is 2.23. The lowest BCUT2D eigenvalue weighted by Gasteiger charge is -2.32. The Labute approximate surface area is 105 Å². The van der Waals surface area contributed by atoms with Gasteiger partial charge in [-0.15, -0.1) is 0 Å². The highest BCUT2D eigenvalue weighted by Gasteiger charge is 2.28. The van der Waals surface area contributed by atoms with Crippen molar-refractivity contribution in [2.75, 3.05) is 13.1 Å². The molecule has 96 valence electrons. The van der Waals surface area contributed by atoms with Gasteiger partial charge in [0.15, 0.2) is 0 Å². The molecule has 0 heterocycles. The van der Waals surface area contributed by atoms with E-state index in [1.54, 1.807) is 0 Å². The molecule has 0 aliphatic rings. The summed E-state index contributed by atoms with van der Waals surface area (Å²) in [6, 6.07) is 0. The first-order chi connectivity index (χ1) is 7.36. The van der Waals surface area contributed by atoms with Gasteiger partial charge in [-0.2, -0.15) is 0 Å². The van der Waals surface area contributed by atoms with E-state index in [1.165, 1.54) is 6.42 Å². The highest BCUT2D eigenvalue weighted by atomic mass is 28.3. The molecule has 0 amide bonds. The van der Waals surface area contributed by atoms with Crippen molar-refractivity contribution in [3.8, 4) is 0 Å². The van der Waals surface area contributed by atoms with Gasteiger partial charge >= 0.3 is 0 Å². The van der Waals surface area contributed by atoms with E-state index in [-0.39, 0.29) is 0 Å². The van der Waals surface area contributed by atoms with Crippen LogP contribution in [0.25, 0.3) is 0 Å². The normalized spacial score (nSPS) is 16.4. The first kappa shape index (κ1) is 15.8. The third-order valence-electron chi connectivity index (χ3n) is 3.57. The van der Waals surface area contributed by atoms with Gasteiger partial charge in [0.2, 0.25) is 0 Å². The molecule has 0 spiro atoms. The average molecular weight is 241 g/mol. The SMILES string of the molecule is CCC(C)[SiH](C=CN(CC)CC)C(C)(C)C. The quantitative estimate of drug-likeness (QED) is 0.630. The third kappa shape index (κ3) is 5.20. The second-order valence-corrected chi connectivity index (χ2v) is 10.1. The fourth-order valence-corrected chi connectivity index (χ4v) is 5.84. The van der Waals surface area contributed by atoms with Crippen molar-refractivity contribution in [2.24, 2.45) is 0 Å². The van der Waals surface area contributed by atoms with Crippen molar-refractivity contribution in [2.45, 2.75) is 65.5 Å². The minimum Gasteiger partial charge on any atom is -0.379 e. The van der Waals surface area contributed by atoms with Crippen LogP contribution in [0, 0.1) is 0 Å². The smallest absolute Gasteiger partial charge is 0.0714 e. The molecule has 0 bridgehead atoms. The number of rotatable bonds is 6. The lowest BCUT2D eigenvalue weighted by Crippen LogP contribution is -2.29. The van der Waals surface area contributed by atoms with Gasteiger partial charge in [-0.05, 0) is 30.6 Å². The Hall–Kier alpha value is -0.243. The van der Waals surface area contributed by atoms with Gasteiger partial charge < -0.3 is 4.90 Å². The summed E-state index contributed by atoms with van der Waals surface area (Å²) >= 11 is 0. The van der Waals surface area contributed by atoms with Crippen LogP contribution >= 0.6 is 0 Å². The van der Waals surface area contributed by atoms with Crippen molar-refractivity contribution < 1.29 is 0 Å². The summed E-state index contributed by atoms with van der Waals surface area (Å²) in [4.78, 5) is 2.40. The van der Waals surface area contributed by atoms with Gasteiger partial charge in [-0.25, -0.2) is 0 Å². The summed E-state index contributed by atoms with van der Waals surface area (Å²) in [6.07, 6.45) is 3.67.